The third-order valence-corrected chi connectivity index (χ3v) is 6.18. The maximum absolute atomic E-state index is 6.13. The lowest BCUT2D eigenvalue weighted by Gasteiger charge is -2.36. The number of hydrogen-bond acceptors (Lipinski definition) is 4. The van der Waals surface area contributed by atoms with Gasteiger partial charge in [-0.1, -0.05) is 23.8 Å². The molecular formula is C24H41N5O. The molecule has 2 heterocycles. The van der Waals surface area contributed by atoms with E-state index in [4.69, 9.17) is 9.73 Å². The fraction of sp³-hybridized carbons (Fsp3) is 0.708. The molecule has 168 valence electrons. The Bertz CT molecular complexity index is 692. The second-order valence-corrected chi connectivity index (χ2v) is 8.75. The fourth-order valence-corrected chi connectivity index (χ4v) is 4.45. The van der Waals surface area contributed by atoms with E-state index in [2.05, 4.69) is 66.0 Å². The van der Waals surface area contributed by atoms with E-state index in [1.165, 1.54) is 49.3 Å². The van der Waals surface area contributed by atoms with E-state index in [9.17, 15) is 0 Å². The van der Waals surface area contributed by atoms with E-state index in [1.807, 2.05) is 0 Å². The first-order chi connectivity index (χ1) is 14.6. The number of morpholine rings is 1. The van der Waals surface area contributed by atoms with Crippen LogP contribution in [0.1, 0.15) is 42.6 Å². The highest BCUT2D eigenvalue weighted by Crippen LogP contribution is 2.26. The summed E-state index contributed by atoms with van der Waals surface area (Å²) in [6.45, 7) is 16.7. The molecule has 2 aliphatic heterocycles. The second-order valence-electron chi connectivity index (χ2n) is 8.75. The number of hydrogen-bond donors (Lipinski definition) is 1. The van der Waals surface area contributed by atoms with E-state index >= 15 is 0 Å². The minimum absolute atomic E-state index is 0.109. The molecule has 1 unspecified atom stereocenters. The summed E-state index contributed by atoms with van der Waals surface area (Å²) in [5.41, 5.74) is 3.91. The maximum atomic E-state index is 6.13. The van der Waals surface area contributed by atoms with Gasteiger partial charge in [0.05, 0.1) is 13.2 Å². The number of ether oxygens (including phenoxy) is 1. The van der Waals surface area contributed by atoms with Gasteiger partial charge in [-0.25, -0.2) is 0 Å². The van der Waals surface area contributed by atoms with Crippen molar-refractivity contribution in [2.75, 3.05) is 72.6 Å². The van der Waals surface area contributed by atoms with Crippen molar-refractivity contribution < 1.29 is 4.74 Å². The van der Waals surface area contributed by atoms with Gasteiger partial charge in [0.2, 0.25) is 0 Å². The highest BCUT2D eigenvalue weighted by atomic mass is 16.5. The van der Waals surface area contributed by atoms with E-state index in [0.29, 0.717) is 0 Å². The van der Waals surface area contributed by atoms with Crippen molar-refractivity contribution in [3.8, 4) is 0 Å². The molecule has 0 amide bonds. The van der Waals surface area contributed by atoms with Crippen LogP contribution < -0.4 is 5.32 Å². The summed E-state index contributed by atoms with van der Waals surface area (Å²) in [5.74, 6) is 1.03. The molecule has 0 aromatic heterocycles. The summed E-state index contributed by atoms with van der Waals surface area (Å²) < 4.78 is 6.13. The Labute approximate surface area is 183 Å². The first-order valence-electron chi connectivity index (χ1n) is 11.7. The molecule has 6 nitrogen and oxygen atoms in total. The molecule has 0 aliphatic carbocycles. The summed E-state index contributed by atoms with van der Waals surface area (Å²) in [4.78, 5) is 12.4. The minimum Gasteiger partial charge on any atom is -0.370 e. The van der Waals surface area contributed by atoms with E-state index in [0.717, 1.165) is 51.7 Å². The number of aryl methyl sites for hydroxylation is 2. The van der Waals surface area contributed by atoms with Crippen molar-refractivity contribution in [3.05, 3.63) is 34.9 Å². The summed E-state index contributed by atoms with van der Waals surface area (Å²) in [7, 11) is 2.23. The van der Waals surface area contributed by atoms with Crippen molar-refractivity contribution in [1.29, 1.82) is 0 Å². The molecule has 0 saturated carbocycles. The summed E-state index contributed by atoms with van der Waals surface area (Å²) >= 11 is 0. The maximum Gasteiger partial charge on any atom is 0.194 e. The predicted molar refractivity (Wildman–Crippen MR) is 125 cm³/mol. The number of guanidine groups is 1. The van der Waals surface area contributed by atoms with Crippen LogP contribution in [0, 0.1) is 13.8 Å². The van der Waals surface area contributed by atoms with E-state index in [1.54, 1.807) is 0 Å². The van der Waals surface area contributed by atoms with Gasteiger partial charge in [0.15, 0.2) is 5.96 Å². The van der Waals surface area contributed by atoms with Crippen LogP contribution in [0.4, 0.5) is 0 Å². The molecule has 0 radical (unpaired) electrons. The monoisotopic (exact) mass is 415 g/mol. The predicted octanol–water partition coefficient (Wildman–Crippen LogP) is 2.67. The van der Waals surface area contributed by atoms with Crippen molar-refractivity contribution in [3.63, 3.8) is 0 Å². The van der Waals surface area contributed by atoms with E-state index in [-0.39, 0.29) is 6.10 Å². The summed E-state index contributed by atoms with van der Waals surface area (Å²) in [6, 6.07) is 6.66. The summed E-state index contributed by atoms with van der Waals surface area (Å²) in [5, 5.41) is 3.50. The van der Waals surface area contributed by atoms with Gasteiger partial charge < -0.3 is 24.8 Å². The largest absolute Gasteiger partial charge is 0.370 e. The number of nitrogens with one attached hydrogen (secondary N) is 1. The van der Waals surface area contributed by atoms with Crippen molar-refractivity contribution in [2.45, 2.75) is 39.7 Å². The average Bonchev–Trinajstić information content (AvgIpc) is 2.94. The molecule has 0 bridgehead atoms. The molecule has 1 aromatic rings. The van der Waals surface area contributed by atoms with Gasteiger partial charge in [0.1, 0.15) is 6.10 Å². The quantitative estimate of drug-likeness (QED) is 0.440. The van der Waals surface area contributed by atoms with Gasteiger partial charge in [-0.05, 0) is 71.4 Å². The first kappa shape index (κ1) is 23.0. The average molecular weight is 416 g/mol. The number of aliphatic imine (C=N–C) groups is 1. The molecule has 2 fully saturated rings. The lowest BCUT2D eigenvalue weighted by molar-refractivity contribution is -0.00833. The number of nitrogens with zero attached hydrogens (tertiary/aromatic N) is 4. The van der Waals surface area contributed by atoms with Gasteiger partial charge in [-0.15, -0.1) is 0 Å². The highest BCUT2D eigenvalue weighted by molar-refractivity contribution is 5.80. The van der Waals surface area contributed by atoms with Gasteiger partial charge in [0.25, 0.3) is 0 Å². The van der Waals surface area contributed by atoms with Gasteiger partial charge in [-0.2, -0.15) is 0 Å². The van der Waals surface area contributed by atoms with Crippen LogP contribution in [0.3, 0.4) is 0 Å². The molecule has 30 heavy (non-hydrogen) atoms. The third-order valence-electron chi connectivity index (χ3n) is 6.18. The van der Waals surface area contributed by atoms with Crippen LogP contribution in [-0.4, -0.2) is 93.2 Å². The summed E-state index contributed by atoms with van der Waals surface area (Å²) in [6.07, 6.45) is 2.50. The van der Waals surface area contributed by atoms with Gasteiger partial charge in [0, 0.05) is 32.7 Å². The topological polar surface area (TPSA) is 43.3 Å². The molecule has 2 aliphatic rings. The number of likely N-dealkylation sites (N-methyl/N-ethyl adjacent to an activating group) is 1. The first-order valence-corrected chi connectivity index (χ1v) is 11.7. The molecule has 2 saturated heterocycles. The van der Waals surface area contributed by atoms with Gasteiger partial charge >= 0.3 is 0 Å². The van der Waals surface area contributed by atoms with Crippen LogP contribution in [-0.2, 0) is 4.74 Å². The minimum atomic E-state index is 0.109. The molecule has 6 heteroatoms. The van der Waals surface area contributed by atoms with Crippen LogP contribution in [0.5, 0.6) is 0 Å². The molecule has 0 spiro atoms. The standard InChI is InChI=1S/C24H41N5O/c1-5-25-24(26-10-6-12-28-13-7-11-27(4)14-15-28)29-16-17-30-23(19-29)22-9-8-20(2)18-21(22)3/h8-9,18,23H,5-7,10-17,19H2,1-4H3,(H,25,26). The lowest BCUT2D eigenvalue weighted by Crippen LogP contribution is -2.48. The Hall–Kier alpha value is -1.63. The van der Waals surface area contributed by atoms with Crippen LogP contribution in [0.2, 0.25) is 0 Å². The smallest absolute Gasteiger partial charge is 0.194 e. The van der Waals surface area contributed by atoms with Crippen LogP contribution >= 0.6 is 0 Å². The molecular weight excluding hydrogens is 374 g/mol. The SMILES string of the molecule is CCNC(=NCCCN1CCCN(C)CC1)N1CCOC(c2ccc(C)cc2C)C1. The van der Waals surface area contributed by atoms with Crippen molar-refractivity contribution >= 4 is 5.96 Å². The zero-order chi connectivity index (χ0) is 21.3. The highest BCUT2D eigenvalue weighted by Gasteiger charge is 2.25. The normalized spacial score (nSPS) is 22.2. The third kappa shape index (κ3) is 6.69. The Morgan fingerprint density at radius 2 is 2.03 bits per heavy atom. The molecule has 1 N–H and O–H groups in total. The lowest BCUT2D eigenvalue weighted by atomic mass is 10.00. The van der Waals surface area contributed by atoms with Crippen LogP contribution in [0.25, 0.3) is 0 Å². The Morgan fingerprint density at radius 3 is 2.83 bits per heavy atom. The number of benzene rings is 1. The fourth-order valence-electron chi connectivity index (χ4n) is 4.45. The Kier molecular flexibility index (Phi) is 8.97. The Balaban J connectivity index is 1.55. The van der Waals surface area contributed by atoms with Gasteiger partial charge in [-0.3, -0.25) is 4.99 Å². The van der Waals surface area contributed by atoms with Crippen molar-refractivity contribution in [1.82, 2.24) is 20.0 Å². The number of rotatable bonds is 6. The van der Waals surface area contributed by atoms with E-state index < -0.39 is 0 Å². The molecule has 1 atom stereocenters. The molecule has 1 aromatic carbocycles. The zero-order valence-corrected chi connectivity index (χ0v) is 19.5. The zero-order valence-electron chi connectivity index (χ0n) is 19.5. The second kappa shape index (κ2) is 11.7. The Morgan fingerprint density at radius 1 is 1.17 bits per heavy atom. The van der Waals surface area contributed by atoms with Crippen LogP contribution in [0.15, 0.2) is 23.2 Å². The van der Waals surface area contributed by atoms with Crippen molar-refractivity contribution in [2.24, 2.45) is 4.99 Å². The molecule has 3 rings (SSSR count).